The molecule has 0 radical (unpaired) electrons. The number of β-amino-alcohol motifs (C(OH)–C–C–N with tert-alkyl or cyclic N) is 1. The van der Waals surface area contributed by atoms with Gasteiger partial charge in [-0.3, -0.25) is 4.98 Å². The number of nitrogens with two attached hydrogens (primary N) is 1. The second kappa shape index (κ2) is 4.04. The number of piperidine rings is 1. The zero-order valence-electron chi connectivity index (χ0n) is 8.37. The minimum absolute atomic E-state index is 0.423. The summed E-state index contributed by atoms with van der Waals surface area (Å²) in [5, 5.41) is 18.9. The lowest BCUT2D eigenvalue weighted by Gasteiger charge is -2.34. The average Bonchev–Trinajstić information content (AvgIpc) is 2.22. The Kier molecular flexibility index (Phi) is 2.75. The molecule has 1 aromatic rings. The predicted octanol–water partition coefficient (Wildman–Crippen LogP) is -0.404. The van der Waals surface area contributed by atoms with Crippen LogP contribution in [0.5, 0.6) is 0 Å². The number of hydrogen-bond donors (Lipinski definition) is 3. The highest BCUT2D eigenvalue weighted by Crippen LogP contribution is 2.20. The van der Waals surface area contributed by atoms with Crippen molar-refractivity contribution in [2.45, 2.75) is 18.6 Å². The number of aliphatic hydroxyl groups excluding tert-OH is 2. The molecule has 0 aromatic carbocycles. The minimum atomic E-state index is -0.694. The molecule has 0 unspecified atom stereocenters. The lowest BCUT2D eigenvalue weighted by atomic mass is 10.0. The van der Waals surface area contributed by atoms with Crippen LogP contribution in [-0.2, 0) is 0 Å². The molecular weight excluding hydrogens is 194 g/mol. The van der Waals surface area contributed by atoms with E-state index in [-0.39, 0.29) is 0 Å². The Balaban J connectivity index is 2.12. The Bertz CT molecular complexity index is 345. The lowest BCUT2D eigenvalue weighted by Crippen LogP contribution is -2.46. The molecule has 0 spiro atoms. The van der Waals surface area contributed by atoms with Crippen LogP contribution in [0.4, 0.5) is 11.4 Å². The highest BCUT2D eigenvalue weighted by atomic mass is 16.3. The van der Waals surface area contributed by atoms with Crippen LogP contribution in [0.3, 0.4) is 0 Å². The second-order valence-electron chi connectivity index (χ2n) is 3.85. The standard InChI is InChI=1S/C10H15N3O2/c11-7-3-8(5-12-4-7)13-2-1-9(14)10(15)6-13/h3-5,9-10,14-15H,1-2,6,11H2/t9-,10-/m1/s1. The van der Waals surface area contributed by atoms with Crippen molar-refractivity contribution < 1.29 is 10.2 Å². The molecule has 0 amide bonds. The van der Waals surface area contributed by atoms with E-state index in [1.807, 2.05) is 11.0 Å². The number of pyridine rings is 1. The van der Waals surface area contributed by atoms with Gasteiger partial charge in [0.15, 0.2) is 0 Å². The Labute approximate surface area is 88.2 Å². The van der Waals surface area contributed by atoms with Crippen LogP contribution in [0, 0.1) is 0 Å². The van der Waals surface area contributed by atoms with E-state index in [1.165, 1.54) is 0 Å². The number of aromatic nitrogens is 1. The van der Waals surface area contributed by atoms with Crippen LogP contribution in [0.2, 0.25) is 0 Å². The summed E-state index contributed by atoms with van der Waals surface area (Å²) < 4.78 is 0. The van der Waals surface area contributed by atoms with Crippen LogP contribution in [-0.4, -0.2) is 40.5 Å². The highest BCUT2D eigenvalue weighted by Gasteiger charge is 2.25. The molecule has 1 aliphatic rings. The second-order valence-corrected chi connectivity index (χ2v) is 3.85. The van der Waals surface area contributed by atoms with Crippen molar-refractivity contribution in [2.24, 2.45) is 0 Å². The van der Waals surface area contributed by atoms with Crippen LogP contribution in [0.1, 0.15) is 6.42 Å². The van der Waals surface area contributed by atoms with E-state index >= 15 is 0 Å². The van der Waals surface area contributed by atoms with E-state index in [1.54, 1.807) is 12.4 Å². The summed E-state index contributed by atoms with van der Waals surface area (Å²) in [5.74, 6) is 0. The first-order chi connectivity index (χ1) is 7.16. The molecule has 0 aliphatic carbocycles. The first kappa shape index (κ1) is 10.2. The van der Waals surface area contributed by atoms with E-state index in [2.05, 4.69) is 4.98 Å². The summed E-state index contributed by atoms with van der Waals surface area (Å²) >= 11 is 0. The van der Waals surface area contributed by atoms with Crippen LogP contribution in [0.25, 0.3) is 0 Å². The maximum atomic E-state index is 9.54. The third-order valence-corrected chi connectivity index (χ3v) is 2.66. The van der Waals surface area contributed by atoms with Gasteiger partial charge in [0.2, 0.25) is 0 Å². The Morgan fingerprint density at radius 3 is 2.80 bits per heavy atom. The molecule has 1 saturated heterocycles. The average molecular weight is 209 g/mol. The van der Waals surface area contributed by atoms with Gasteiger partial charge in [-0.1, -0.05) is 0 Å². The van der Waals surface area contributed by atoms with Gasteiger partial charge in [0, 0.05) is 19.3 Å². The molecule has 2 rings (SSSR count). The fourth-order valence-corrected chi connectivity index (χ4v) is 1.77. The van der Waals surface area contributed by atoms with Crippen LogP contribution >= 0.6 is 0 Å². The molecule has 15 heavy (non-hydrogen) atoms. The first-order valence-corrected chi connectivity index (χ1v) is 4.98. The molecule has 0 bridgehead atoms. The predicted molar refractivity (Wildman–Crippen MR) is 57.5 cm³/mol. The normalized spacial score (nSPS) is 26.7. The maximum absolute atomic E-state index is 9.54. The van der Waals surface area contributed by atoms with Gasteiger partial charge >= 0.3 is 0 Å². The van der Waals surface area contributed by atoms with Crippen molar-refractivity contribution >= 4 is 11.4 Å². The van der Waals surface area contributed by atoms with Crippen molar-refractivity contribution in [3.05, 3.63) is 18.5 Å². The fourth-order valence-electron chi connectivity index (χ4n) is 1.77. The third-order valence-electron chi connectivity index (χ3n) is 2.66. The summed E-state index contributed by atoms with van der Waals surface area (Å²) in [6.45, 7) is 1.13. The molecule has 5 nitrogen and oxygen atoms in total. The summed E-state index contributed by atoms with van der Waals surface area (Å²) in [5.41, 5.74) is 7.12. The van der Waals surface area contributed by atoms with Gasteiger partial charge in [-0.05, 0) is 12.5 Å². The molecule has 0 saturated carbocycles. The Morgan fingerprint density at radius 1 is 1.33 bits per heavy atom. The van der Waals surface area contributed by atoms with Crippen molar-refractivity contribution in [1.29, 1.82) is 0 Å². The largest absolute Gasteiger partial charge is 0.397 e. The van der Waals surface area contributed by atoms with Crippen LogP contribution in [0.15, 0.2) is 18.5 Å². The molecular formula is C10H15N3O2. The number of nitrogens with zero attached hydrogens (tertiary/aromatic N) is 2. The zero-order valence-corrected chi connectivity index (χ0v) is 8.37. The summed E-state index contributed by atoms with van der Waals surface area (Å²) in [4.78, 5) is 5.97. The van der Waals surface area contributed by atoms with Gasteiger partial charge in [0.05, 0.1) is 29.8 Å². The first-order valence-electron chi connectivity index (χ1n) is 4.98. The van der Waals surface area contributed by atoms with Crippen molar-refractivity contribution in [1.82, 2.24) is 4.98 Å². The molecule has 82 valence electrons. The van der Waals surface area contributed by atoms with E-state index < -0.39 is 12.2 Å². The number of anilines is 2. The summed E-state index contributed by atoms with van der Waals surface area (Å²) in [6.07, 6.45) is 2.55. The molecule has 2 atom stereocenters. The van der Waals surface area contributed by atoms with Gasteiger partial charge in [0.25, 0.3) is 0 Å². The quantitative estimate of drug-likeness (QED) is 0.586. The van der Waals surface area contributed by atoms with Gasteiger partial charge in [-0.25, -0.2) is 0 Å². The molecule has 5 heteroatoms. The lowest BCUT2D eigenvalue weighted by molar-refractivity contribution is 0.00801. The van der Waals surface area contributed by atoms with E-state index in [0.29, 0.717) is 25.2 Å². The summed E-state index contributed by atoms with van der Waals surface area (Å²) in [7, 11) is 0. The van der Waals surface area contributed by atoms with Gasteiger partial charge in [-0.2, -0.15) is 0 Å². The topological polar surface area (TPSA) is 82.6 Å². The Morgan fingerprint density at radius 2 is 2.13 bits per heavy atom. The van der Waals surface area contributed by atoms with Crippen molar-refractivity contribution in [2.75, 3.05) is 23.7 Å². The van der Waals surface area contributed by atoms with Crippen LogP contribution < -0.4 is 10.6 Å². The number of aliphatic hydroxyl groups is 2. The molecule has 1 fully saturated rings. The zero-order chi connectivity index (χ0) is 10.8. The van der Waals surface area contributed by atoms with Crippen molar-refractivity contribution in [3.8, 4) is 0 Å². The van der Waals surface area contributed by atoms with Gasteiger partial charge in [-0.15, -0.1) is 0 Å². The summed E-state index contributed by atoms with van der Waals surface area (Å²) in [6, 6.07) is 1.82. The number of rotatable bonds is 1. The van der Waals surface area contributed by atoms with Crippen molar-refractivity contribution in [3.63, 3.8) is 0 Å². The SMILES string of the molecule is Nc1cncc(N2CC[C@@H](O)[C@H](O)C2)c1. The highest BCUT2D eigenvalue weighted by molar-refractivity contribution is 5.53. The number of nitrogen functional groups attached to an aromatic ring is 1. The third kappa shape index (κ3) is 2.19. The van der Waals surface area contributed by atoms with Gasteiger partial charge in [0.1, 0.15) is 0 Å². The smallest absolute Gasteiger partial charge is 0.0974 e. The fraction of sp³-hybridized carbons (Fsp3) is 0.500. The molecule has 1 aliphatic heterocycles. The van der Waals surface area contributed by atoms with E-state index in [9.17, 15) is 10.2 Å². The van der Waals surface area contributed by atoms with E-state index in [4.69, 9.17) is 5.73 Å². The number of hydrogen-bond acceptors (Lipinski definition) is 5. The molecule has 4 N–H and O–H groups in total. The molecule has 2 heterocycles. The monoisotopic (exact) mass is 209 g/mol. The van der Waals surface area contributed by atoms with Gasteiger partial charge < -0.3 is 20.8 Å². The minimum Gasteiger partial charge on any atom is -0.397 e. The maximum Gasteiger partial charge on any atom is 0.0974 e. The Hall–Kier alpha value is -1.33. The molecule has 1 aromatic heterocycles. The van der Waals surface area contributed by atoms with E-state index in [0.717, 1.165) is 5.69 Å².